The van der Waals surface area contributed by atoms with E-state index in [-0.39, 0.29) is 25.7 Å². The fourth-order valence-electron chi connectivity index (χ4n) is 4.60. The summed E-state index contributed by atoms with van der Waals surface area (Å²) in [6.45, 7) is 7.46. The van der Waals surface area contributed by atoms with E-state index in [2.05, 4.69) is 0 Å². The van der Waals surface area contributed by atoms with Gasteiger partial charge in [-0.05, 0) is 63.1 Å². The monoisotopic (exact) mass is 487 g/mol. The highest BCUT2D eigenvalue weighted by Gasteiger charge is 2.51. The average Bonchev–Trinajstić information content (AvgIpc) is 3.42. The summed E-state index contributed by atoms with van der Waals surface area (Å²) in [5.74, 6) is -1.10. The summed E-state index contributed by atoms with van der Waals surface area (Å²) in [4.78, 5) is 28.1. The SMILES string of the molecule is CCOC(=O)C1C(c2ccc3c(c2)OCO3)CN(C(=O)OC(C)(C)C)C1c1ccc(OC)c(F)c1. The molecule has 3 unspecified atom stereocenters. The number of amides is 1. The van der Waals surface area contributed by atoms with Crippen molar-refractivity contribution in [3.05, 3.63) is 53.3 Å². The van der Waals surface area contributed by atoms with E-state index in [1.54, 1.807) is 39.8 Å². The van der Waals surface area contributed by atoms with E-state index in [4.69, 9.17) is 23.7 Å². The number of ether oxygens (including phenoxy) is 5. The van der Waals surface area contributed by atoms with Crippen molar-refractivity contribution in [2.45, 2.75) is 45.3 Å². The van der Waals surface area contributed by atoms with Gasteiger partial charge >= 0.3 is 12.1 Å². The summed E-state index contributed by atoms with van der Waals surface area (Å²) in [5.41, 5.74) is 0.455. The molecule has 1 saturated heterocycles. The molecule has 0 radical (unpaired) electrons. The molecule has 1 amide bonds. The van der Waals surface area contributed by atoms with E-state index in [1.165, 1.54) is 24.1 Å². The van der Waals surface area contributed by atoms with Crippen LogP contribution in [0.25, 0.3) is 0 Å². The van der Waals surface area contributed by atoms with Gasteiger partial charge in [0.1, 0.15) is 5.60 Å². The minimum Gasteiger partial charge on any atom is -0.494 e. The van der Waals surface area contributed by atoms with Crippen LogP contribution in [0.1, 0.15) is 50.8 Å². The third-order valence-electron chi connectivity index (χ3n) is 6.03. The van der Waals surface area contributed by atoms with E-state index in [0.29, 0.717) is 17.1 Å². The molecule has 1 fully saturated rings. The molecule has 2 heterocycles. The van der Waals surface area contributed by atoms with Gasteiger partial charge in [0.2, 0.25) is 6.79 Å². The Labute approximate surface area is 203 Å². The maximum absolute atomic E-state index is 14.7. The molecule has 0 spiro atoms. The molecule has 2 aromatic rings. The van der Waals surface area contributed by atoms with Gasteiger partial charge in [-0.1, -0.05) is 12.1 Å². The number of hydrogen-bond donors (Lipinski definition) is 0. The number of carbonyl (C=O) groups excluding carboxylic acids is 2. The lowest BCUT2D eigenvalue weighted by molar-refractivity contribution is -0.149. The molecule has 2 aromatic carbocycles. The van der Waals surface area contributed by atoms with E-state index in [1.807, 2.05) is 12.1 Å². The number of likely N-dealkylation sites (tertiary alicyclic amines) is 1. The Hall–Kier alpha value is -3.49. The molecular formula is C26H30FNO7. The van der Waals surface area contributed by atoms with E-state index in [0.717, 1.165) is 5.56 Å². The highest BCUT2D eigenvalue weighted by Crippen LogP contribution is 2.49. The van der Waals surface area contributed by atoms with Crippen LogP contribution in [0.15, 0.2) is 36.4 Å². The largest absolute Gasteiger partial charge is 0.494 e. The zero-order valence-corrected chi connectivity index (χ0v) is 20.5. The molecule has 188 valence electrons. The van der Waals surface area contributed by atoms with Crippen molar-refractivity contribution in [2.24, 2.45) is 5.92 Å². The molecule has 0 N–H and O–H groups in total. The Morgan fingerprint density at radius 3 is 2.46 bits per heavy atom. The zero-order valence-electron chi connectivity index (χ0n) is 20.5. The fraction of sp³-hybridized carbons (Fsp3) is 0.462. The fourth-order valence-corrected chi connectivity index (χ4v) is 4.60. The second kappa shape index (κ2) is 9.64. The summed E-state index contributed by atoms with van der Waals surface area (Å²) in [5, 5.41) is 0. The number of hydrogen-bond acceptors (Lipinski definition) is 7. The summed E-state index contributed by atoms with van der Waals surface area (Å²) < 4.78 is 41.8. The first kappa shape index (κ1) is 24.6. The van der Waals surface area contributed by atoms with Crippen molar-refractivity contribution in [1.29, 1.82) is 0 Å². The molecule has 0 aliphatic carbocycles. The predicted molar refractivity (Wildman–Crippen MR) is 124 cm³/mol. The van der Waals surface area contributed by atoms with Gasteiger partial charge in [-0.25, -0.2) is 9.18 Å². The highest BCUT2D eigenvalue weighted by molar-refractivity contribution is 5.79. The predicted octanol–water partition coefficient (Wildman–Crippen LogP) is 4.82. The van der Waals surface area contributed by atoms with Gasteiger partial charge in [-0.3, -0.25) is 9.69 Å². The van der Waals surface area contributed by atoms with Crippen molar-refractivity contribution in [3.8, 4) is 17.2 Å². The number of rotatable bonds is 5. The van der Waals surface area contributed by atoms with Gasteiger partial charge in [0, 0.05) is 12.5 Å². The second-order valence-electron chi connectivity index (χ2n) is 9.47. The number of carbonyl (C=O) groups is 2. The molecule has 4 rings (SSSR count). The summed E-state index contributed by atoms with van der Waals surface area (Å²) in [6, 6.07) is 9.03. The van der Waals surface area contributed by atoms with Crippen molar-refractivity contribution >= 4 is 12.1 Å². The average molecular weight is 488 g/mol. The van der Waals surface area contributed by atoms with Crippen LogP contribution in [-0.2, 0) is 14.3 Å². The smallest absolute Gasteiger partial charge is 0.410 e. The maximum atomic E-state index is 14.7. The van der Waals surface area contributed by atoms with Crippen LogP contribution in [-0.4, -0.2) is 49.6 Å². The Kier molecular flexibility index (Phi) is 6.78. The van der Waals surface area contributed by atoms with Crippen molar-refractivity contribution in [2.75, 3.05) is 27.1 Å². The topological polar surface area (TPSA) is 83.5 Å². The Morgan fingerprint density at radius 1 is 1.09 bits per heavy atom. The van der Waals surface area contributed by atoms with Crippen molar-refractivity contribution in [3.63, 3.8) is 0 Å². The van der Waals surface area contributed by atoms with Crippen molar-refractivity contribution in [1.82, 2.24) is 4.90 Å². The first-order chi connectivity index (χ1) is 16.6. The van der Waals surface area contributed by atoms with Crippen LogP contribution < -0.4 is 14.2 Å². The van der Waals surface area contributed by atoms with Gasteiger partial charge in [-0.2, -0.15) is 0 Å². The number of nitrogens with zero attached hydrogens (tertiary/aromatic N) is 1. The normalized spacial score (nSPS) is 21.1. The molecular weight excluding hydrogens is 457 g/mol. The minimum absolute atomic E-state index is 0.0653. The van der Waals surface area contributed by atoms with E-state index < -0.39 is 41.4 Å². The number of fused-ring (bicyclic) bond motifs is 1. The number of halogens is 1. The van der Waals surface area contributed by atoms with E-state index in [9.17, 15) is 14.0 Å². The second-order valence-corrected chi connectivity index (χ2v) is 9.47. The Balaban J connectivity index is 1.82. The molecule has 35 heavy (non-hydrogen) atoms. The van der Waals surface area contributed by atoms with Gasteiger partial charge in [0.25, 0.3) is 0 Å². The van der Waals surface area contributed by atoms with Crippen molar-refractivity contribution < 1.29 is 37.7 Å². The first-order valence-corrected chi connectivity index (χ1v) is 11.5. The van der Waals surface area contributed by atoms with Gasteiger partial charge in [0.05, 0.1) is 25.7 Å². The number of methoxy groups -OCH3 is 1. The lowest BCUT2D eigenvalue weighted by atomic mass is 9.82. The molecule has 0 saturated carbocycles. The highest BCUT2D eigenvalue weighted by atomic mass is 19.1. The van der Waals surface area contributed by atoms with Crippen LogP contribution in [0, 0.1) is 11.7 Å². The molecule has 3 atom stereocenters. The van der Waals surface area contributed by atoms with Crippen LogP contribution >= 0.6 is 0 Å². The molecule has 2 aliphatic rings. The van der Waals surface area contributed by atoms with Crippen LogP contribution in [0.4, 0.5) is 9.18 Å². The third-order valence-corrected chi connectivity index (χ3v) is 6.03. The minimum atomic E-state index is -0.820. The number of esters is 1. The number of benzene rings is 2. The first-order valence-electron chi connectivity index (χ1n) is 11.5. The lowest BCUT2D eigenvalue weighted by Crippen LogP contribution is -2.38. The maximum Gasteiger partial charge on any atom is 0.410 e. The molecule has 2 aliphatic heterocycles. The summed E-state index contributed by atoms with van der Waals surface area (Å²) in [7, 11) is 1.37. The third kappa shape index (κ3) is 4.99. The Morgan fingerprint density at radius 2 is 1.80 bits per heavy atom. The summed E-state index contributed by atoms with van der Waals surface area (Å²) in [6.07, 6.45) is -0.601. The van der Waals surface area contributed by atoms with Crippen LogP contribution in [0.2, 0.25) is 0 Å². The molecule has 9 heteroatoms. The molecule has 0 aromatic heterocycles. The summed E-state index contributed by atoms with van der Waals surface area (Å²) >= 11 is 0. The van der Waals surface area contributed by atoms with Crippen LogP contribution in [0.3, 0.4) is 0 Å². The lowest BCUT2D eigenvalue weighted by Gasteiger charge is -2.30. The van der Waals surface area contributed by atoms with E-state index >= 15 is 0 Å². The Bertz CT molecular complexity index is 1110. The van der Waals surface area contributed by atoms with Gasteiger partial charge < -0.3 is 23.7 Å². The van der Waals surface area contributed by atoms with Gasteiger partial charge in [-0.15, -0.1) is 0 Å². The standard InChI is InChI=1S/C26H30FNO7/c1-6-32-24(29)22-17(15-7-10-20-21(12-15)34-14-33-20)13-28(25(30)35-26(2,3)4)23(22)16-8-9-19(31-5)18(27)11-16/h7-12,17,22-23H,6,13-14H2,1-5H3. The zero-order chi connectivity index (χ0) is 25.3. The quantitative estimate of drug-likeness (QED) is 0.559. The van der Waals surface area contributed by atoms with Gasteiger partial charge in [0.15, 0.2) is 23.1 Å². The van der Waals surface area contributed by atoms with Crippen LogP contribution in [0.5, 0.6) is 17.2 Å². The molecule has 0 bridgehead atoms. The molecule has 8 nitrogen and oxygen atoms in total.